The van der Waals surface area contributed by atoms with Crippen LogP contribution in [0.5, 0.6) is 0 Å². The standard InChI is InChI=1S/C18H22N2O4/c1-18(17(23)24)8-10-20(12-18)16(22)14-6-4-13(5-7-14)11-19-9-2-3-15(19)21/h4-7H,2-3,8-12H2,1H3,(H,23,24)/t18-/m1/s1. The normalized spacial score (nSPS) is 23.8. The molecule has 0 bridgehead atoms. The second-order valence-corrected chi connectivity index (χ2v) is 6.96. The van der Waals surface area contributed by atoms with Gasteiger partial charge in [0, 0.05) is 38.2 Å². The molecule has 3 rings (SSSR count). The lowest BCUT2D eigenvalue weighted by Crippen LogP contribution is -2.34. The Labute approximate surface area is 141 Å². The first kappa shape index (κ1) is 16.5. The quantitative estimate of drug-likeness (QED) is 0.912. The Morgan fingerprint density at radius 2 is 1.92 bits per heavy atom. The Balaban J connectivity index is 1.64. The molecule has 1 aromatic carbocycles. The zero-order valence-corrected chi connectivity index (χ0v) is 13.8. The number of likely N-dealkylation sites (tertiary alicyclic amines) is 2. The molecular formula is C18H22N2O4. The van der Waals surface area contributed by atoms with E-state index in [1.165, 1.54) is 0 Å². The third-order valence-corrected chi connectivity index (χ3v) is 5.02. The fourth-order valence-electron chi connectivity index (χ4n) is 3.34. The minimum absolute atomic E-state index is 0.135. The highest BCUT2D eigenvalue weighted by Gasteiger charge is 2.42. The van der Waals surface area contributed by atoms with Crippen molar-refractivity contribution in [1.29, 1.82) is 0 Å². The van der Waals surface area contributed by atoms with E-state index in [1.54, 1.807) is 24.0 Å². The molecule has 2 heterocycles. The number of aliphatic carboxylic acids is 1. The van der Waals surface area contributed by atoms with Crippen molar-refractivity contribution in [3.63, 3.8) is 0 Å². The largest absolute Gasteiger partial charge is 0.481 e. The molecule has 128 valence electrons. The van der Waals surface area contributed by atoms with Gasteiger partial charge in [-0.2, -0.15) is 0 Å². The zero-order valence-electron chi connectivity index (χ0n) is 13.8. The molecule has 2 fully saturated rings. The smallest absolute Gasteiger partial charge is 0.311 e. The number of amides is 2. The van der Waals surface area contributed by atoms with Crippen LogP contribution < -0.4 is 0 Å². The molecule has 2 amide bonds. The molecule has 1 aromatic rings. The van der Waals surface area contributed by atoms with E-state index in [0.29, 0.717) is 31.5 Å². The highest BCUT2D eigenvalue weighted by atomic mass is 16.4. The summed E-state index contributed by atoms with van der Waals surface area (Å²) in [5.41, 5.74) is 0.700. The van der Waals surface area contributed by atoms with Crippen molar-refractivity contribution in [3.8, 4) is 0 Å². The van der Waals surface area contributed by atoms with Crippen LogP contribution in [0, 0.1) is 5.41 Å². The fraction of sp³-hybridized carbons (Fsp3) is 0.500. The maximum atomic E-state index is 12.5. The van der Waals surface area contributed by atoms with Gasteiger partial charge in [-0.3, -0.25) is 14.4 Å². The number of rotatable bonds is 4. The lowest BCUT2D eigenvalue weighted by molar-refractivity contribution is -0.147. The van der Waals surface area contributed by atoms with E-state index in [0.717, 1.165) is 18.5 Å². The van der Waals surface area contributed by atoms with Crippen LogP contribution in [0.25, 0.3) is 0 Å². The third-order valence-electron chi connectivity index (χ3n) is 5.02. The summed E-state index contributed by atoms with van der Waals surface area (Å²) < 4.78 is 0. The van der Waals surface area contributed by atoms with E-state index in [1.807, 2.05) is 17.0 Å². The first-order valence-electron chi connectivity index (χ1n) is 8.28. The van der Waals surface area contributed by atoms with Crippen LogP contribution in [0.15, 0.2) is 24.3 Å². The van der Waals surface area contributed by atoms with E-state index < -0.39 is 11.4 Å². The summed E-state index contributed by atoms with van der Waals surface area (Å²) in [6.45, 7) is 3.75. The van der Waals surface area contributed by atoms with Gasteiger partial charge >= 0.3 is 5.97 Å². The fourth-order valence-corrected chi connectivity index (χ4v) is 3.34. The van der Waals surface area contributed by atoms with Crippen molar-refractivity contribution in [2.24, 2.45) is 5.41 Å². The Morgan fingerprint density at radius 3 is 2.46 bits per heavy atom. The van der Waals surface area contributed by atoms with Crippen LogP contribution in [0.3, 0.4) is 0 Å². The van der Waals surface area contributed by atoms with Gasteiger partial charge in [0.15, 0.2) is 0 Å². The van der Waals surface area contributed by atoms with Gasteiger partial charge in [-0.15, -0.1) is 0 Å². The molecular weight excluding hydrogens is 308 g/mol. The average molecular weight is 330 g/mol. The van der Waals surface area contributed by atoms with Gasteiger partial charge in [0.2, 0.25) is 5.91 Å². The van der Waals surface area contributed by atoms with Crippen molar-refractivity contribution < 1.29 is 19.5 Å². The molecule has 0 saturated carbocycles. The number of carbonyl (C=O) groups is 3. The topological polar surface area (TPSA) is 77.9 Å². The number of hydrogen-bond donors (Lipinski definition) is 1. The van der Waals surface area contributed by atoms with Gasteiger partial charge in [0.05, 0.1) is 5.41 Å². The van der Waals surface area contributed by atoms with Crippen LogP contribution in [-0.4, -0.2) is 52.3 Å². The third kappa shape index (κ3) is 3.13. The van der Waals surface area contributed by atoms with Gasteiger partial charge in [0.25, 0.3) is 5.91 Å². The molecule has 2 aliphatic rings. The summed E-state index contributed by atoms with van der Waals surface area (Å²) in [4.78, 5) is 38.9. The molecule has 1 N–H and O–H groups in total. The van der Waals surface area contributed by atoms with Crippen LogP contribution in [0.2, 0.25) is 0 Å². The van der Waals surface area contributed by atoms with Crippen molar-refractivity contribution in [3.05, 3.63) is 35.4 Å². The Morgan fingerprint density at radius 1 is 1.21 bits per heavy atom. The number of benzene rings is 1. The summed E-state index contributed by atoms with van der Waals surface area (Å²) in [7, 11) is 0. The SMILES string of the molecule is C[C@@]1(C(=O)O)CCN(C(=O)c2ccc(CN3CCCC3=O)cc2)C1. The molecule has 0 aromatic heterocycles. The minimum atomic E-state index is -0.858. The van der Waals surface area contributed by atoms with Crippen molar-refractivity contribution in [2.75, 3.05) is 19.6 Å². The summed E-state index contributed by atoms with van der Waals surface area (Å²) >= 11 is 0. The van der Waals surface area contributed by atoms with Crippen molar-refractivity contribution >= 4 is 17.8 Å². The van der Waals surface area contributed by atoms with Gasteiger partial charge < -0.3 is 14.9 Å². The van der Waals surface area contributed by atoms with Crippen molar-refractivity contribution in [1.82, 2.24) is 9.80 Å². The number of carboxylic acids is 1. The monoisotopic (exact) mass is 330 g/mol. The maximum absolute atomic E-state index is 12.5. The molecule has 6 heteroatoms. The molecule has 6 nitrogen and oxygen atoms in total. The van der Waals surface area contributed by atoms with Gasteiger partial charge in [-0.05, 0) is 37.5 Å². The highest BCUT2D eigenvalue weighted by molar-refractivity contribution is 5.95. The van der Waals surface area contributed by atoms with Crippen LogP contribution in [-0.2, 0) is 16.1 Å². The first-order chi connectivity index (χ1) is 11.4. The molecule has 2 aliphatic heterocycles. The lowest BCUT2D eigenvalue weighted by Gasteiger charge is -2.20. The van der Waals surface area contributed by atoms with E-state index >= 15 is 0 Å². The van der Waals surface area contributed by atoms with Crippen LogP contribution in [0.4, 0.5) is 0 Å². The molecule has 0 unspecified atom stereocenters. The molecule has 1 atom stereocenters. The summed E-state index contributed by atoms with van der Waals surface area (Å²) in [5, 5.41) is 9.27. The van der Waals surface area contributed by atoms with Crippen LogP contribution in [0.1, 0.15) is 42.1 Å². The Bertz CT molecular complexity index is 670. The van der Waals surface area contributed by atoms with Gasteiger partial charge in [0.1, 0.15) is 0 Å². The predicted octanol–water partition coefficient (Wildman–Crippen LogP) is 1.75. The van der Waals surface area contributed by atoms with E-state index in [-0.39, 0.29) is 18.4 Å². The summed E-state index contributed by atoms with van der Waals surface area (Å²) in [6, 6.07) is 7.25. The summed E-state index contributed by atoms with van der Waals surface area (Å²) in [6.07, 6.45) is 2.00. The number of hydrogen-bond acceptors (Lipinski definition) is 3. The van der Waals surface area contributed by atoms with Gasteiger partial charge in [-0.1, -0.05) is 12.1 Å². The van der Waals surface area contributed by atoms with Crippen LogP contribution >= 0.6 is 0 Å². The second-order valence-electron chi connectivity index (χ2n) is 6.96. The number of nitrogens with zero attached hydrogens (tertiary/aromatic N) is 2. The first-order valence-corrected chi connectivity index (χ1v) is 8.28. The number of carboxylic acid groups (broad SMARTS) is 1. The predicted molar refractivity (Wildman–Crippen MR) is 87.4 cm³/mol. The van der Waals surface area contributed by atoms with Gasteiger partial charge in [-0.25, -0.2) is 0 Å². The molecule has 0 aliphatic carbocycles. The van der Waals surface area contributed by atoms with E-state index in [4.69, 9.17) is 0 Å². The molecule has 0 spiro atoms. The number of carbonyl (C=O) groups excluding carboxylic acids is 2. The Kier molecular flexibility index (Phi) is 4.30. The Hall–Kier alpha value is -2.37. The maximum Gasteiger partial charge on any atom is 0.311 e. The van der Waals surface area contributed by atoms with E-state index in [9.17, 15) is 19.5 Å². The second kappa shape index (κ2) is 6.26. The average Bonchev–Trinajstić information content (AvgIpc) is 3.15. The zero-order chi connectivity index (χ0) is 17.3. The molecule has 24 heavy (non-hydrogen) atoms. The lowest BCUT2D eigenvalue weighted by atomic mass is 9.90. The molecule has 2 saturated heterocycles. The highest BCUT2D eigenvalue weighted by Crippen LogP contribution is 2.31. The van der Waals surface area contributed by atoms with E-state index in [2.05, 4.69) is 0 Å². The minimum Gasteiger partial charge on any atom is -0.481 e. The summed E-state index contributed by atoms with van der Waals surface area (Å²) in [5.74, 6) is -0.813. The molecule has 0 radical (unpaired) electrons. The van der Waals surface area contributed by atoms with Crippen molar-refractivity contribution in [2.45, 2.75) is 32.7 Å².